The molecule has 0 unspecified atom stereocenters. The van der Waals surface area contributed by atoms with E-state index in [0.717, 1.165) is 6.07 Å². The molecule has 0 saturated heterocycles. The second-order valence-electron chi connectivity index (χ2n) is 5.41. The monoisotopic (exact) mass is 360 g/mol. The van der Waals surface area contributed by atoms with Crippen LogP contribution in [0.3, 0.4) is 0 Å². The van der Waals surface area contributed by atoms with Crippen molar-refractivity contribution in [2.24, 2.45) is 5.92 Å². The van der Waals surface area contributed by atoms with Crippen molar-refractivity contribution in [3.05, 3.63) is 29.0 Å². The largest absolute Gasteiger partial charge is 0.346 e. The van der Waals surface area contributed by atoms with Crippen LogP contribution in [0.25, 0.3) is 0 Å². The summed E-state index contributed by atoms with van der Waals surface area (Å²) in [5, 5.41) is 4.30. The van der Waals surface area contributed by atoms with Gasteiger partial charge < -0.3 is 10.6 Å². The number of benzene rings is 1. The number of rotatable bonds is 4. The molecule has 1 fully saturated rings. The van der Waals surface area contributed by atoms with Crippen molar-refractivity contribution in [1.82, 2.24) is 5.32 Å². The summed E-state index contributed by atoms with van der Waals surface area (Å²) in [4.78, 5) is 34.1. The highest BCUT2D eigenvalue weighted by Gasteiger charge is 2.28. The minimum atomic E-state index is -1.05. The molecule has 2 rings (SSSR count). The summed E-state index contributed by atoms with van der Waals surface area (Å²) in [6, 6.07) is 3.60. The Balaban J connectivity index is 1.86. The van der Waals surface area contributed by atoms with E-state index in [1.54, 1.807) is 0 Å². The fourth-order valence-electron chi connectivity index (χ4n) is 2.57. The van der Waals surface area contributed by atoms with Gasteiger partial charge in [-0.05, 0) is 55.5 Å². The predicted molar refractivity (Wildman–Crippen MR) is 84.8 cm³/mol. The molecule has 0 aromatic heterocycles. The maximum atomic E-state index is 13.0. The van der Waals surface area contributed by atoms with Crippen molar-refractivity contribution < 1.29 is 18.8 Å². The second kappa shape index (κ2) is 7.75. The first kappa shape index (κ1) is 17.7. The van der Waals surface area contributed by atoms with E-state index in [0.29, 0.717) is 31.4 Å². The van der Waals surface area contributed by atoms with Crippen LogP contribution in [0.15, 0.2) is 18.2 Å². The standard InChI is InChI=1S/C15H15Cl2FN2O3/c16-11-7-9(18)3-6-12(11)20-14(22)8-1-4-10(5-2-8)19-15(23)13(17)21/h3,6-8,10H,1-2,4-5H2,(H,19,23)(H,20,22)/t8-,10-. The molecule has 2 N–H and O–H groups in total. The molecular weight excluding hydrogens is 346 g/mol. The van der Waals surface area contributed by atoms with E-state index in [1.165, 1.54) is 12.1 Å². The highest BCUT2D eigenvalue weighted by Crippen LogP contribution is 2.28. The first-order chi connectivity index (χ1) is 10.9. The predicted octanol–water partition coefficient (Wildman–Crippen LogP) is 2.86. The SMILES string of the molecule is O=C(Cl)C(=O)N[C@H]1CC[C@H](C(=O)Nc2ccc(F)cc2Cl)CC1. The Morgan fingerprint density at radius 2 is 1.78 bits per heavy atom. The maximum Gasteiger partial charge on any atom is 0.309 e. The average molecular weight is 361 g/mol. The Hall–Kier alpha value is -1.66. The van der Waals surface area contributed by atoms with E-state index >= 15 is 0 Å². The zero-order chi connectivity index (χ0) is 17.0. The summed E-state index contributed by atoms with van der Waals surface area (Å²) < 4.78 is 13.0. The van der Waals surface area contributed by atoms with Crippen LogP contribution in [0.2, 0.25) is 5.02 Å². The molecule has 0 heterocycles. The topological polar surface area (TPSA) is 75.3 Å². The van der Waals surface area contributed by atoms with Gasteiger partial charge in [0.2, 0.25) is 5.91 Å². The maximum absolute atomic E-state index is 13.0. The van der Waals surface area contributed by atoms with Gasteiger partial charge in [-0.25, -0.2) is 4.39 Å². The Bertz CT molecular complexity index is 631. The third-order valence-electron chi connectivity index (χ3n) is 3.80. The molecule has 1 aromatic carbocycles. The number of halogens is 3. The van der Waals surface area contributed by atoms with Gasteiger partial charge >= 0.3 is 11.1 Å². The van der Waals surface area contributed by atoms with Gasteiger partial charge in [-0.2, -0.15) is 0 Å². The number of hydrogen-bond acceptors (Lipinski definition) is 3. The molecule has 124 valence electrons. The number of nitrogens with one attached hydrogen (secondary N) is 2. The van der Waals surface area contributed by atoms with Crippen LogP contribution in [0.1, 0.15) is 25.7 Å². The summed E-state index contributed by atoms with van der Waals surface area (Å²) >= 11 is 11.0. The molecule has 0 radical (unpaired) electrons. The summed E-state index contributed by atoms with van der Waals surface area (Å²) in [5.74, 6) is -1.72. The van der Waals surface area contributed by atoms with E-state index in [2.05, 4.69) is 10.6 Å². The van der Waals surface area contributed by atoms with Crippen LogP contribution in [-0.4, -0.2) is 23.1 Å². The molecule has 2 amide bonds. The van der Waals surface area contributed by atoms with E-state index in [9.17, 15) is 18.8 Å². The van der Waals surface area contributed by atoms with E-state index < -0.39 is 17.0 Å². The molecule has 23 heavy (non-hydrogen) atoms. The zero-order valence-electron chi connectivity index (χ0n) is 12.1. The van der Waals surface area contributed by atoms with Gasteiger partial charge in [0, 0.05) is 12.0 Å². The lowest BCUT2D eigenvalue weighted by Crippen LogP contribution is -2.41. The summed E-state index contributed by atoms with van der Waals surface area (Å²) in [6.07, 6.45) is 2.27. The first-order valence-electron chi connectivity index (χ1n) is 7.13. The van der Waals surface area contributed by atoms with Crippen molar-refractivity contribution in [1.29, 1.82) is 0 Å². The molecule has 0 bridgehead atoms. The molecule has 5 nitrogen and oxygen atoms in total. The minimum absolute atomic E-state index is 0.139. The van der Waals surface area contributed by atoms with Crippen molar-refractivity contribution in [2.75, 3.05) is 5.32 Å². The van der Waals surface area contributed by atoms with Gasteiger partial charge in [-0.3, -0.25) is 14.4 Å². The summed E-state index contributed by atoms with van der Waals surface area (Å²) in [7, 11) is 0. The first-order valence-corrected chi connectivity index (χ1v) is 7.88. The van der Waals surface area contributed by atoms with Gasteiger partial charge in [0.15, 0.2) is 0 Å². The molecular formula is C15H15Cl2FN2O3. The van der Waals surface area contributed by atoms with Crippen molar-refractivity contribution >= 4 is 45.9 Å². The molecule has 1 aliphatic rings. The van der Waals surface area contributed by atoms with Crippen LogP contribution in [-0.2, 0) is 14.4 Å². The molecule has 1 saturated carbocycles. The van der Waals surface area contributed by atoms with Gasteiger partial charge in [-0.15, -0.1) is 0 Å². The molecule has 0 atom stereocenters. The molecule has 8 heteroatoms. The van der Waals surface area contributed by atoms with Crippen molar-refractivity contribution in [2.45, 2.75) is 31.7 Å². The van der Waals surface area contributed by atoms with Gasteiger partial charge in [0.05, 0.1) is 10.7 Å². The number of carbonyl (C=O) groups is 3. The average Bonchev–Trinajstić information content (AvgIpc) is 2.50. The molecule has 1 aromatic rings. The fraction of sp³-hybridized carbons (Fsp3) is 0.400. The van der Waals surface area contributed by atoms with E-state index in [4.69, 9.17) is 23.2 Å². The highest BCUT2D eigenvalue weighted by molar-refractivity contribution is 6.80. The third-order valence-corrected chi connectivity index (χ3v) is 4.29. The van der Waals surface area contributed by atoms with Crippen LogP contribution in [0, 0.1) is 11.7 Å². The Kier molecular flexibility index (Phi) is 5.96. The number of hydrogen-bond donors (Lipinski definition) is 2. The molecule has 0 aliphatic heterocycles. The number of carbonyl (C=O) groups excluding carboxylic acids is 3. The van der Waals surface area contributed by atoms with Gasteiger partial charge in [0.1, 0.15) is 5.82 Å². The fourth-order valence-corrected chi connectivity index (χ4v) is 2.84. The lowest BCUT2D eigenvalue weighted by atomic mass is 9.85. The Labute approximate surface area is 142 Å². The van der Waals surface area contributed by atoms with Crippen LogP contribution in [0.4, 0.5) is 10.1 Å². The van der Waals surface area contributed by atoms with Gasteiger partial charge in [-0.1, -0.05) is 11.6 Å². The minimum Gasteiger partial charge on any atom is -0.346 e. The third kappa shape index (κ3) is 4.91. The highest BCUT2D eigenvalue weighted by atomic mass is 35.5. The Morgan fingerprint density at radius 3 is 2.35 bits per heavy atom. The van der Waals surface area contributed by atoms with Crippen LogP contribution >= 0.6 is 23.2 Å². The van der Waals surface area contributed by atoms with Crippen molar-refractivity contribution in [3.8, 4) is 0 Å². The van der Waals surface area contributed by atoms with E-state index in [1.807, 2.05) is 0 Å². The quantitative estimate of drug-likeness (QED) is 0.640. The zero-order valence-corrected chi connectivity index (χ0v) is 13.6. The Morgan fingerprint density at radius 1 is 1.13 bits per heavy atom. The van der Waals surface area contributed by atoms with Crippen molar-refractivity contribution in [3.63, 3.8) is 0 Å². The van der Waals surface area contributed by atoms with E-state index in [-0.39, 0.29) is 22.9 Å². The number of amides is 2. The summed E-state index contributed by atoms with van der Waals surface area (Å²) in [5.41, 5.74) is 0.362. The molecule has 1 aliphatic carbocycles. The van der Waals surface area contributed by atoms with Crippen LogP contribution in [0.5, 0.6) is 0 Å². The lowest BCUT2D eigenvalue weighted by Gasteiger charge is -2.28. The van der Waals surface area contributed by atoms with Crippen LogP contribution < -0.4 is 10.6 Å². The van der Waals surface area contributed by atoms with Gasteiger partial charge in [0.25, 0.3) is 0 Å². The normalized spacial score (nSPS) is 20.7. The second-order valence-corrected chi connectivity index (χ2v) is 6.16. The number of anilines is 1. The lowest BCUT2D eigenvalue weighted by molar-refractivity contribution is -0.134. The molecule has 0 spiro atoms. The summed E-state index contributed by atoms with van der Waals surface area (Å²) in [6.45, 7) is 0. The smallest absolute Gasteiger partial charge is 0.309 e.